The Morgan fingerprint density at radius 1 is 1.19 bits per heavy atom. The van der Waals surface area contributed by atoms with Gasteiger partial charge in [0.2, 0.25) is 0 Å². The highest BCUT2D eigenvalue weighted by Gasteiger charge is 2.50. The van der Waals surface area contributed by atoms with Crippen LogP contribution >= 0.6 is 0 Å². The van der Waals surface area contributed by atoms with Crippen molar-refractivity contribution in [2.75, 3.05) is 0 Å². The smallest absolute Gasteiger partial charge is 0.157 e. The van der Waals surface area contributed by atoms with Gasteiger partial charge in [-0.15, -0.1) is 0 Å². The van der Waals surface area contributed by atoms with Gasteiger partial charge in [-0.25, -0.2) is 0 Å². The van der Waals surface area contributed by atoms with Crippen molar-refractivity contribution in [3.63, 3.8) is 0 Å². The zero-order valence-electron chi connectivity index (χ0n) is 13.0. The summed E-state index contributed by atoms with van der Waals surface area (Å²) in [6.07, 6.45) is 4.01. The molecular formula is C19H22N2. The number of benzene rings is 1. The molecule has 0 fully saturated rings. The molecule has 0 heterocycles. The van der Waals surface area contributed by atoms with E-state index in [1.807, 2.05) is 30.3 Å². The van der Waals surface area contributed by atoms with Crippen LogP contribution in [-0.4, -0.2) is 0 Å². The Kier molecular flexibility index (Phi) is 4.49. The molecule has 0 amide bonds. The molecular weight excluding hydrogens is 256 g/mol. The summed E-state index contributed by atoms with van der Waals surface area (Å²) in [5.41, 5.74) is 1.47. The molecule has 2 atom stereocenters. The number of nitriles is 2. The lowest BCUT2D eigenvalue weighted by Crippen LogP contribution is -2.39. The van der Waals surface area contributed by atoms with E-state index >= 15 is 0 Å². The van der Waals surface area contributed by atoms with E-state index in [0.717, 1.165) is 18.4 Å². The van der Waals surface area contributed by atoms with E-state index in [1.165, 1.54) is 5.57 Å². The number of hydrogen-bond donors (Lipinski definition) is 0. The molecule has 0 radical (unpaired) electrons. The van der Waals surface area contributed by atoms with Crippen LogP contribution in [0.4, 0.5) is 0 Å². The molecule has 0 saturated heterocycles. The van der Waals surface area contributed by atoms with Crippen molar-refractivity contribution in [2.45, 2.75) is 39.5 Å². The van der Waals surface area contributed by atoms with Crippen LogP contribution in [0, 0.1) is 39.9 Å². The molecule has 2 rings (SSSR count). The Labute approximate surface area is 127 Å². The Bertz CT molecular complexity index is 585. The first-order chi connectivity index (χ1) is 10.1. The lowest BCUT2D eigenvalue weighted by molar-refractivity contribution is 0.201. The van der Waals surface area contributed by atoms with Gasteiger partial charge < -0.3 is 0 Å². The predicted molar refractivity (Wildman–Crippen MR) is 84.2 cm³/mol. The van der Waals surface area contributed by atoms with Gasteiger partial charge in [-0.05, 0) is 30.2 Å². The minimum Gasteiger partial charge on any atom is -0.197 e. The van der Waals surface area contributed by atoms with Gasteiger partial charge >= 0.3 is 0 Å². The Morgan fingerprint density at radius 3 is 2.29 bits per heavy atom. The third-order valence-corrected chi connectivity index (χ3v) is 4.75. The van der Waals surface area contributed by atoms with Gasteiger partial charge in [-0.2, -0.15) is 10.5 Å². The molecule has 0 spiro atoms. The van der Waals surface area contributed by atoms with Crippen LogP contribution in [-0.2, 0) is 0 Å². The monoisotopic (exact) mass is 278 g/mol. The van der Waals surface area contributed by atoms with E-state index in [4.69, 9.17) is 0 Å². The summed E-state index contributed by atoms with van der Waals surface area (Å²) in [5, 5.41) is 19.7. The van der Waals surface area contributed by atoms with Crippen LogP contribution < -0.4 is 0 Å². The summed E-state index contributed by atoms with van der Waals surface area (Å²) in [6.45, 7) is 6.39. The zero-order chi connectivity index (χ0) is 15.5. The van der Waals surface area contributed by atoms with Crippen LogP contribution in [0.2, 0.25) is 0 Å². The highest BCUT2D eigenvalue weighted by atomic mass is 14.5. The van der Waals surface area contributed by atoms with Gasteiger partial charge in [0, 0.05) is 5.92 Å². The average Bonchev–Trinajstić information content (AvgIpc) is 2.54. The first-order valence-electron chi connectivity index (χ1n) is 7.66. The van der Waals surface area contributed by atoms with Gasteiger partial charge in [0.15, 0.2) is 5.41 Å². The van der Waals surface area contributed by atoms with Gasteiger partial charge in [0.25, 0.3) is 0 Å². The maximum atomic E-state index is 9.85. The molecule has 0 saturated carbocycles. The molecule has 1 aliphatic rings. The first kappa shape index (κ1) is 15.3. The van der Waals surface area contributed by atoms with E-state index in [0.29, 0.717) is 5.92 Å². The quantitative estimate of drug-likeness (QED) is 0.744. The fraction of sp³-hybridized carbons (Fsp3) is 0.474. The highest BCUT2D eigenvalue weighted by molar-refractivity contribution is 5.40. The second kappa shape index (κ2) is 6.15. The minimum absolute atomic E-state index is 0.0812. The Hall–Kier alpha value is -2.06. The second-order valence-electron chi connectivity index (χ2n) is 6.21. The summed E-state index contributed by atoms with van der Waals surface area (Å²) in [6, 6.07) is 14.8. The molecule has 0 aromatic heterocycles. The SMILES string of the molecule is CCC1=C[C@@H](c2ccccc2)C(C#N)(C#N)[C@@H](C(C)C)C1. The van der Waals surface area contributed by atoms with Crippen LogP contribution in [0.1, 0.15) is 45.1 Å². The number of allylic oxidation sites excluding steroid dienone is 2. The lowest BCUT2D eigenvalue weighted by Gasteiger charge is -2.41. The average molecular weight is 278 g/mol. The van der Waals surface area contributed by atoms with Crippen molar-refractivity contribution in [3.05, 3.63) is 47.5 Å². The van der Waals surface area contributed by atoms with Crippen molar-refractivity contribution in [3.8, 4) is 12.1 Å². The summed E-state index contributed by atoms with van der Waals surface area (Å²) in [7, 11) is 0. The fourth-order valence-electron chi connectivity index (χ4n) is 3.48. The molecule has 2 nitrogen and oxygen atoms in total. The van der Waals surface area contributed by atoms with Crippen LogP contribution in [0.15, 0.2) is 42.0 Å². The molecule has 1 aromatic carbocycles. The summed E-state index contributed by atoms with van der Waals surface area (Å²) < 4.78 is 0. The van der Waals surface area contributed by atoms with Crippen molar-refractivity contribution in [2.24, 2.45) is 17.3 Å². The second-order valence-corrected chi connectivity index (χ2v) is 6.21. The van der Waals surface area contributed by atoms with Crippen molar-refractivity contribution in [1.82, 2.24) is 0 Å². The molecule has 0 N–H and O–H groups in total. The van der Waals surface area contributed by atoms with Crippen molar-refractivity contribution in [1.29, 1.82) is 10.5 Å². The van der Waals surface area contributed by atoms with Gasteiger partial charge in [0.05, 0.1) is 12.1 Å². The van der Waals surface area contributed by atoms with Gasteiger partial charge in [-0.1, -0.05) is 62.8 Å². The molecule has 1 aromatic rings. The molecule has 21 heavy (non-hydrogen) atoms. The molecule has 1 aliphatic carbocycles. The Balaban J connectivity index is 2.62. The number of hydrogen-bond acceptors (Lipinski definition) is 2. The third kappa shape index (κ3) is 2.59. The van der Waals surface area contributed by atoms with Crippen LogP contribution in [0.5, 0.6) is 0 Å². The van der Waals surface area contributed by atoms with E-state index in [2.05, 4.69) is 39.0 Å². The first-order valence-corrected chi connectivity index (χ1v) is 7.66. The van der Waals surface area contributed by atoms with Crippen molar-refractivity contribution < 1.29 is 0 Å². The maximum Gasteiger partial charge on any atom is 0.157 e. The molecule has 0 unspecified atom stereocenters. The standard InChI is InChI=1S/C19H22N2/c1-4-15-10-17(14(2)3)19(12-20,13-21)18(11-15)16-8-6-5-7-9-16/h5-9,11,14,17-18H,4,10H2,1-3H3/t17-,18+/m1/s1. The van der Waals surface area contributed by atoms with E-state index in [1.54, 1.807) is 0 Å². The minimum atomic E-state index is -0.964. The number of nitrogens with zero attached hydrogens (tertiary/aromatic N) is 2. The fourth-order valence-corrected chi connectivity index (χ4v) is 3.48. The van der Waals surface area contributed by atoms with Crippen molar-refractivity contribution >= 4 is 0 Å². The summed E-state index contributed by atoms with van der Waals surface area (Å²) >= 11 is 0. The van der Waals surface area contributed by atoms with Gasteiger partial charge in [0.1, 0.15) is 0 Å². The maximum absolute atomic E-state index is 9.85. The zero-order valence-corrected chi connectivity index (χ0v) is 13.0. The van der Waals surface area contributed by atoms with Gasteiger partial charge in [-0.3, -0.25) is 0 Å². The topological polar surface area (TPSA) is 47.6 Å². The summed E-state index contributed by atoms with van der Waals surface area (Å²) in [4.78, 5) is 0. The largest absolute Gasteiger partial charge is 0.197 e. The third-order valence-electron chi connectivity index (χ3n) is 4.75. The Morgan fingerprint density at radius 2 is 1.81 bits per heavy atom. The van der Waals surface area contributed by atoms with E-state index in [-0.39, 0.29) is 11.8 Å². The van der Waals surface area contributed by atoms with Crippen LogP contribution in [0.25, 0.3) is 0 Å². The molecule has 0 aliphatic heterocycles. The number of rotatable bonds is 3. The molecule has 2 heteroatoms. The molecule has 0 bridgehead atoms. The molecule has 108 valence electrons. The summed E-state index contributed by atoms with van der Waals surface area (Å²) in [5.74, 6) is 0.258. The predicted octanol–water partition coefficient (Wildman–Crippen LogP) is 4.82. The lowest BCUT2D eigenvalue weighted by atomic mass is 9.57. The van der Waals surface area contributed by atoms with Crippen LogP contribution in [0.3, 0.4) is 0 Å². The highest BCUT2D eigenvalue weighted by Crippen LogP contribution is 2.52. The normalized spacial score (nSPS) is 24.0. The van der Waals surface area contributed by atoms with E-state index in [9.17, 15) is 10.5 Å². The van der Waals surface area contributed by atoms with E-state index < -0.39 is 5.41 Å².